The third-order valence-corrected chi connectivity index (χ3v) is 4.04. The lowest BCUT2D eigenvalue weighted by molar-refractivity contribution is 0.343. The van der Waals surface area contributed by atoms with Crippen LogP contribution < -0.4 is 5.32 Å². The number of rotatable bonds is 3. The van der Waals surface area contributed by atoms with Gasteiger partial charge in [0, 0.05) is 12.6 Å². The van der Waals surface area contributed by atoms with Gasteiger partial charge in [0.05, 0.1) is 0 Å². The predicted molar refractivity (Wildman–Crippen MR) is 77.8 cm³/mol. The largest absolute Gasteiger partial charge is 0.310 e. The maximum atomic E-state index is 13.6. The summed E-state index contributed by atoms with van der Waals surface area (Å²) in [7, 11) is 2.19. The van der Waals surface area contributed by atoms with E-state index in [4.69, 9.17) is 0 Å². The minimum Gasteiger partial charge on any atom is -0.310 e. The van der Waals surface area contributed by atoms with E-state index in [1.807, 2.05) is 26.0 Å². The van der Waals surface area contributed by atoms with Crippen LogP contribution in [0.2, 0.25) is 0 Å². The molecule has 1 heterocycles. The first-order valence-corrected chi connectivity index (χ1v) is 7.24. The summed E-state index contributed by atoms with van der Waals surface area (Å²) >= 11 is 0. The average Bonchev–Trinajstić information content (AvgIpc) is 2.58. The Labute approximate surface area is 116 Å². The van der Waals surface area contributed by atoms with E-state index in [1.54, 1.807) is 0 Å². The lowest BCUT2D eigenvalue weighted by Gasteiger charge is -2.17. The predicted octanol–water partition coefficient (Wildman–Crippen LogP) is 3.02. The maximum Gasteiger partial charge on any atom is 0.129 e. The normalized spacial score (nSPS) is 21.4. The first-order valence-electron chi connectivity index (χ1n) is 7.24. The molecule has 0 amide bonds. The Morgan fingerprint density at radius 2 is 1.89 bits per heavy atom. The van der Waals surface area contributed by atoms with Gasteiger partial charge in [0.1, 0.15) is 5.82 Å². The Kier molecular flexibility index (Phi) is 4.94. The van der Waals surface area contributed by atoms with Crippen LogP contribution in [0.1, 0.15) is 36.0 Å². The number of likely N-dealkylation sites (tertiary alicyclic amines) is 1. The smallest absolute Gasteiger partial charge is 0.129 e. The van der Waals surface area contributed by atoms with Gasteiger partial charge < -0.3 is 10.2 Å². The summed E-state index contributed by atoms with van der Waals surface area (Å²) in [4.78, 5) is 2.40. The highest BCUT2D eigenvalue weighted by molar-refractivity contribution is 5.30. The molecule has 1 fully saturated rings. The van der Waals surface area contributed by atoms with E-state index in [9.17, 15) is 4.39 Å². The Morgan fingerprint density at radius 3 is 2.58 bits per heavy atom. The van der Waals surface area contributed by atoms with Gasteiger partial charge in [-0.2, -0.15) is 0 Å². The van der Waals surface area contributed by atoms with E-state index >= 15 is 0 Å². The SMILES string of the molecule is Cc1cc(CNC2CCCN(C)CC2)cc(C)c1F. The zero-order valence-electron chi connectivity index (χ0n) is 12.3. The van der Waals surface area contributed by atoms with Crippen molar-refractivity contribution in [3.05, 3.63) is 34.6 Å². The van der Waals surface area contributed by atoms with E-state index in [2.05, 4.69) is 17.3 Å². The van der Waals surface area contributed by atoms with Crippen LogP contribution in [0.5, 0.6) is 0 Å². The number of hydrogen-bond donors (Lipinski definition) is 1. The summed E-state index contributed by atoms with van der Waals surface area (Å²) < 4.78 is 13.6. The molecule has 1 aliphatic heterocycles. The summed E-state index contributed by atoms with van der Waals surface area (Å²) in [5.74, 6) is -0.0696. The molecule has 0 bridgehead atoms. The van der Waals surface area contributed by atoms with Crippen LogP contribution >= 0.6 is 0 Å². The van der Waals surface area contributed by atoms with Crippen molar-refractivity contribution in [2.24, 2.45) is 0 Å². The fraction of sp³-hybridized carbons (Fsp3) is 0.625. The lowest BCUT2D eigenvalue weighted by atomic mass is 10.0. The molecule has 1 aromatic rings. The monoisotopic (exact) mass is 264 g/mol. The molecule has 106 valence electrons. The molecule has 1 atom stereocenters. The maximum absolute atomic E-state index is 13.6. The number of benzene rings is 1. The van der Waals surface area contributed by atoms with Crippen molar-refractivity contribution in [2.45, 2.75) is 45.7 Å². The highest BCUT2D eigenvalue weighted by Gasteiger charge is 2.14. The molecular formula is C16H25FN2. The molecule has 0 saturated carbocycles. The van der Waals surface area contributed by atoms with E-state index in [0.717, 1.165) is 17.7 Å². The minimum atomic E-state index is -0.0696. The molecular weight excluding hydrogens is 239 g/mol. The third kappa shape index (κ3) is 4.02. The van der Waals surface area contributed by atoms with Gasteiger partial charge in [-0.05, 0) is 69.9 Å². The lowest BCUT2D eigenvalue weighted by Crippen LogP contribution is -2.29. The summed E-state index contributed by atoms with van der Waals surface area (Å²) in [5.41, 5.74) is 2.68. The summed E-state index contributed by atoms with van der Waals surface area (Å²) in [5, 5.41) is 3.62. The van der Waals surface area contributed by atoms with Crippen molar-refractivity contribution < 1.29 is 4.39 Å². The standard InChI is InChI=1S/C16H25FN2/c1-12-9-14(10-13(2)16(12)17)11-18-15-5-4-7-19(3)8-6-15/h9-10,15,18H,4-8,11H2,1-3H3. The first-order chi connectivity index (χ1) is 9.06. The van der Waals surface area contributed by atoms with E-state index in [0.29, 0.717) is 6.04 Å². The van der Waals surface area contributed by atoms with Gasteiger partial charge in [-0.1, -0.05) is 12.1 Å². The molecule has 1 N–H and O–H groups in total. The molecule has 1 aromatic carbocycles. The van der Waals surface area contributed by atoms with Crippen molar-refractivity contribution in [1.29, 1.82) is 0 Å². The number of nitrogens with one attached hydrogen (secondary N) is 1. The van der Waals surface area contributed by atoms with Crippen molar-refractivity contribution in [2.75, 3.05) is 20.1 Å². The van der Waals surface area contributed by atoms with Crippen LogP contribution in [0.4, 0.5) is 4.39 Å². The zero-order chi connectivity index (χ0) is 13.8. The van der Waals surface area contributed by atoms with Crippen LogP contribution in [0.25, 0.3) is 0 Å². The topological polar surface area (TPSA) is 15.3 Å². The molecule has 2 nitrogen and oxygen atoms in total. The van der Waals surface area contributed by atoms with Gasteiger partial charge in [0.2, 0.25) is 0 Å². The summed E-state index contributed by atoms with van der Waals surface area (Å²) in [6.07, 6.45) is 3.70. The van der Waals surface area contributed by atoms with Crippen molar-refractivity contribution >= 4 is 0 Å². The summed E-state index contributed by atoms with van der Waals surface area (Å²) in [6, 6.07) is 4.51. The number of halogens is 1. The summed E-state index contributed by atoms with van der Waals surface area (Å²) in [6.45, 7) is 6.89. The van der Waals surface area contributed by atoms with Crippen molar-refractivity contribution in [3.8, 4) is 0 Å². The molecule has 3 heteroatoms. The number of nitrogens with zero attached hydrogens (tertiary/aromatic N) is 1. The molecule has 1 saturated heterocycles. The Morgan fingerprint density at radius 1 is 1.21 bits per heavy atom. The van der Waals surface area contributed by atoms with Crippen LogP contribution in [0.15, 0.2) is 12.1 Å². The molecule has 19 heavy (non-hydrogen) atoms. The molecule has 1 unspecified atom stereocenters. The zero-order valence-corrected chi connectivity index (χ0v) is 12.3. The van der Waals surface area contributed by atoms with Crippen LogP contribution in [-0.4, -0.2) is 31.1 Å². The Balaban J connectivity index is 1.91. The number of hydrogen-bond acceptors (Lipinski definition) is 2. The molecule has 0 aromatic heterocycles. The van der Waals surface area contributed by atoms with Crippen molar-refractivity contribution in [1.82, 2.24) is 10.2 Å². The van der Waals surface area contributed by atoms with E-state index < -0.39 is 0 Å². The fourth-order valence-corrected chi connectivity index (χ4v) is 2.84. The van der Waals surface area contributed by atoms with Crippen LogP contribution in [0, 0.1) is 19.7 Å². The number of aryl methyl sites for hydroxylation is 2. The average molecular weight is 264 g/mol. The molecule has 2 rings (SSSR count). The molecule has 0 spiro atoms. The quantitative estimate of drug-likeness (QED) is 0.903. The van der Waals surface area contributed by atoms with Gasteiger partial charge in [0.25, 0.3) is 0 Å². The molecule has 1 aliphatic rings. The van der Waals surface area contributed by atoms with Crippen molar-refractivity contribution in [3.63, 3.8) is 0 Å². The second-order valence-corrected chi connectivity index (χ2v) is 5.86. The second kappa shape index (κ2) is 6.49. The third-order valence-electron chi connectivity index (χ3n) is 4.04. The van der Waals surface area contributed by atoms with E-state index in [1.165, 1.54) is 37.9 Å². The molecule has 0 aliphatic carbocycles. The van der Waals surface area contributed by atoms with Crippen LogP contribution in [-0.2, 0) is 6.54 Å². The minimum absolute atomic E-state index is 0.0696. The van der Waals surface area contributed by atoms with Gasteiger partial charge in [-0.3, -0.25) is 0 Å². The van der Waals surface area contributed by atoms with E-state index in [-0.39, 0.29) is 5.82 Å². The molecule has 0 radical (unpaired) electrons. The fourth-order valence-electron chi connectivity index (χ4n) is 2.84. The Hall–Kier alpha value is -0.930. The van der Waals surface area contributed by atoms with Crippen LogP contribution in [0.3, 0.4) is 0 Å². The van der Waals surface area contributed by atoms with Gasteiger partial charge >= 0.3 is 0 Å². The van der Waals surface area contributed by atoms with Gasteiger partial charge in [-0.25, -0.2) is 4.39 Å². The van der Waals surface area contributed by atoms with Gasteiger partial charge in [-0.15, -0.1) is 0 Å². The highest BCUT2D eigenvalue weighted by Crippen LogP contribution is 2.16. The highest BCUT2D eigenvalue weighted by atomic mass is 19.1. The van der Waals surface area contributed by atoms with Gasteiger partial charge in [0.15, 0.2) is 0 Å². The Bertz CT molecular complexity index is 408. The first kappa shape index (κ1) is 14.5. The second-order valence-electron chi connectivity index (χ2n) is 5.86.